The first kappa shape index (κ1) is 25.5. The van der Waals surface area contributed by atoms with Gasteiger partial charge in [0.1, 0.15) is 35.0 Å². The van der Waals surface area contributed by atoms with Crippen LogP contribution >= 0.6 is 15.9 Å². The summed E-state index contributed by atoms with van der Waals surface area (Å²) in [6.45, 7) is 3.33. The highest BCUT2D eigenvalue weighted by Crippen LogP contribution is 2.59. The Morgan fingerprint density at radius 2 is 2.00 bits per heavy atom. The van der Waals surface area contributed by atoms with Crippen LogP contribution in [-0.4, -0.2) is 53.3 Å². The number of nitrogens with zero attached hydrogens (tertiary/aromatic N) is 6. The molecular formula is C25H22BrF3N8O2. The lowest BCUT2D eigenvalue weighted by molar-refractivity contribution is -0.138. The number of alkyl halides is 3. The van der Waals surface area contributed by atoms with Crippen LogP contribution in [0.15, 0.2) is 35.5 Å². The average Bonchev–Trinajstić information content (AvgIpc) is 3.25. The molecule has 4 heterocycles. The Morgan fingerprint density at radius 1 is 1.23 bits per heavy atom. The van der Waals surface area contributed by atoms with Crippen LogP contribution in [0.1, 0.15) is 30.9 Å². The second-order valence-electron chi connectivity index (χ2n) is 10.3. The number of anilines is 2. The predicted octanol–water partition coefficient (Wildman–Crippen LogP) is 4.06. The van der Waals surface area contributed by atoms with E-state index in [4.69, 9.17) is 5.73 Å². The van der Waals surface area contributed by atoms with E-state index in [1.165, 1.54) is 18.7 Å². The first-order valence-corrected chi connectivity index (χ1v) is 12.9. The van der Waals surface area contributed by atoms with E-state index in [9.17, 15) is 22.8 Å². The highest BCUT2D eigenvalue weighted by molar-refractivity contribution is 9.10. The SMILES string of the molecule is Cc1cc(C(F)(F)F)cc2c3c(N)ncnc3n(CC(=O)N3[C@H](C(=O)Nc4cncc(Br)n4)C[C@@]4(C)C[C@@H]34)c12. The zero-order valence-electron chi connectivity index (χ0n) is 20.8. The smallest absolute Gasteiger partial charge is 0.383 e. The normalized spacial score (nSPS) is 22.4. The number of carbonyl (C=O) groups is 2. The minimum absolute atomic E-state index is 0.0123. The van der Waals surface area contributed by atoms with E-state index in [-0.39, 0.29) is 57.9 Å². The van der Waals surface area contributed by atoms with E-state index < -0.39 is 17.8 Å². The quantitative estimate of drug-likeness (QED) is 0.360. The Hall–Kier alpha value is -3.81. The molecule has 6 rings (SSSR count). The van der Waals surface area contributed by atoms with E-state index in [1.807, 2.05) is 6.92 Å². The molecule has 2 aliphatic rings. The standard InChI is InChI=1S/C25H22BrF3N8O2/c1-11-3-12(25(27,28)29)4-13-19-21(30)32-10-33-22(19)36(20(11)13)9-18(38)37-14(5-24(2)6-15(24)37)23(39)35-17-8-31-7-16(26)34-17/h3-4,7-8,10,14-15H,5-6,9H2,1-2H3,(H2,30,32,33)(H,34,35,39)/t14-,15+,24-/m0/s1. The molecule has 2 amide bonds. The number of hydrogen-bond donors (Lipinski definition) is 2. The second-order valence-corrected chi connectivity index (χ2v) is 11.2. The monoisotopic (exact) mass is 602 g/mol. The van der Waals surface area contributed by atoms with Gasteiger partial charge < -0.3 is 20.5 Å². The lowest BCUT2D eigenvalue weighted by atomic mass is 10.0. The third kappa shape index (κ3) is 4.17. The van der Waals surface area contributed by atoms with Crippen LogP contribution in [0.3, 0.4) is 0 Å². The number of amides is 2. The minimum atomic E-state index is -4.57. The number of hydrogen-bond acceptors (Lipinski definition) is 7. The summed E-state index contributed by atoms with van der Waals surface area (Å²) in [6.07, 6.45) is 0.771. The van der Waals surface area contributed by atoms with Crippen molar-refractivity contribution in [2.24, 2.45) is 5.41 Å². The lowest BCUT2D eigenvalue weighted by Crippen LogP contribution is -2.46. The summed E-state index contributed by atoms with van der Waals surface area (Å²) in [5, 5.41) is 3.19. The molecule has 14 heteroatoms. The van der Waals surface area contributed by atoms with Crippen molar-refractivity contribution in [3.05, 3.63) is 46.6 Å². The summed E-state index contributed by atoms with van der Waals surface area (Å²) in [6, 6.07) is 1.18. The molecule has 3 N–H and O–H groups in total. The van der Waals surface area contributed by atoms with E-state index in [1.54, 1.807) is 16.4 Å². The van der Waals surface area contributed by atoms with Gasteiger partial charge in [0.15, 0.2) is 5.82 Å². The van der Waals surface area contributed by atoms with Gasteiger partial charge in [-0.15, -0.1) is 0 Å². The molecule has 3 aromatic heterocycles. The van der Waals surface area contributed by atoms with Crippen molar-refractivity contribution in [2.75, 3.05) is 11.1 Å². The van der Waals surface area contributed by atoms with Crippen molar-refractivity contribution in [2.45, 2.75) is 51.5 Å². The molecule has 1 aromatic carbocycles. The molecule has 0 radical (unpaired) electrons. The van der Waals surface area contributed by atoms with Gasteiger partial charge in [-0.3, -0.25) is 14.6 Å². The molecule has 1 saturated carbocycles. The third-order valence-corrected chi connectivity index (χ3v) is 8.04. The van der Waals surface area contributed by atoms with Crippen molar-refractivity contribution < 1.29 is 22.8 Å². The Labute approximate surface area is 227 Å². The summed E-state index contributed by atoms with van der Waals surface area (Å²) < 4.78 is 42.9. The molecule has 0 bridgehead atoms. The number of carbonyl (C=O) groups excluding carboxylic acids is 2. The van der Waals surface area contributed by atoms with Gasteiger partial charge in [-0.25, -0.2) is 15.0 Å². The summed E-state index contributed by atoms with van der Waals surface area (Å²) in [4.78, 5) is 45.1. The average molecular weight is 603 g/mol. The maximum atomic E-state index is 13.9. The van der Waals surface area contributed by atoms with Crippen LogP contribution in [0.4, 0.5) is 24.8 Å². The van der Waals surface area contributed by atoms with E-state index >= 15 is 0 Å². The molecule has 4 aromatic rings. The van der Waals surface area contributed by atoms with Crippen molar-refractivity contribution in [3.63, 3.8) is 0 Å². The first-order chi connectivity index (χ1) is 18.4. The summed E-state index contributed by atoms with van der Waals surface area (Å²) in [5.41, 5.74) is 6.02. The van der Waals surface area contributed by atoms with E-state index in [2.05, 4.69) is 41.2 Å². The number of nitrogens with two attached hydrogens (primary N) is 1. The number of nitrogens with one attached hydrogen (secondary N) is 1. The van der Waals surface area contributed by atoms with Gasteiger partial charge in [0.05, 0.1) is 28.9 Å². The number of halogens is 4. The molecule has 3 atom stereocenters. The highest BCUT2D eigenvalue weighted by atomic mass is 79.9. The zero-order valence-corrected chi connectivity index (χ0v) is 22.3. The third-order valence-electron chi connectivity index (χ3n) is 7.65. The Morgan fingerprint density at radius 3 is 2.72 bits per heavy atom. The Kier molecular flexibility index (Phi) is 5.61. The fourth-order valence-corrected chi connectivity index (χ4v) is 6.10. The van der Waals surface area contributed by atoms with Crippen molar-refractivity contribution in [1.29, 1.82) is 0 Å². The van der Waals surface area contributed by atoms with Gasteiger partial charge in [-0.1, -0.05) is 6.92 Å². The molecule has 1 aliphatic carbocycles. The van der Waals surface area contributed by atoms with Crippen LogP contribution in [0.2, 0.25) is 0 Å². The van der Waals surface area contributed by atoms with Crippen LogP contribution in [-0.2, 0) is 22.3 Å². The van der Waals surface area contributed by atoms with Gasteiger partial charge >= 0.3 is 6.18 Å². The second kappa shape index (κ2) is 8.60. The molecule has 0 unspecified atom stereocenters. The number of aromatic nitrogens is 5. The van der Waals surface area contributed by atoms with Crippen LogP contribution in [0, 0.1) is 12.3 Å². The van der Waals surface area contributed by atoms with Crippen molar-refractivity contribution in [3.8, 4) is 0 Å². The maximum absolute atomic E-state index is 13.9. The van der Waals surface area contributed by atoms with Crippen molar-refractivity contribution in [1.82, 2.24) is 29.4 Å². The topological polar surface area (TPSA) is 132 Å². The molecule has 1 aliphatic heterocycles. The zero-order chi connectivity index (χ0) is 27.9. The van der Waals surface area contributed by atoms with Crippen molar-refractivity contribution >= 4 is 61.3 Å². The molecule has 10 nitrogen and oxygen atoms in total. The molecule has 2 fully saturated rings. The number of piperidine rings is 1. The number of aryl methyl sites for hydroxylation is 1. The minimum Gasteiger partial charge on any atom is -0.383 e. The van der Waals surface area contributed by atoms with Crippen LogP contribution in [0.5, 0.6) is 0 Å². The van der Waals surface area contributed by atoms with E-state index in [0.717, 1.165) is 18.6 Å². The first-order valence-electron chi connectivity index (χ1n) is 12.1. The van der Waals surface area contributed by atoms with Gasteiger partial charge in [0, 0.05) is 11.4 Å². The van der Waals surface area contributed by atoms with E-state index in [0.29, 0.717) is 22.1 Å². The fraction of sp³-hybridized carbons (Fsp3) is 0.360. The molecule has 39 heavy (non-hydrogen) atoms. The fourth-order valence-electron chi connectivity index (χ4n) is 5.79. The Balaban J connectivity index is 1.39. The van der Waals surface area contributed by atoms with Gasteiger partial charge in [-0.05, 0) is 58.8 Å². The summed E-state index contributed by atoms with van der Waals surface area (Å²) in [7, 11) is 0. The highest BCUT2D eigenvalue weighted by Gasteiger charge is 2.64. The number of nitrogen functional groups attached to an aromatic ring is 1. The lowest BCUT2D eigenvalue weighted by Gasteiger charge is -2.27. The number of benzene rings is 1. The van der Waals surface area contributed by atoms with Gasteiger partial charge in [0.25, 0.3) is 0 Å². The number of fused-ring (bicyclic) bond motifs is 4. The molecule has 1 saturated heterocycles. The van der Waals surface area contributed by atoms with Crippen LogP contribution in [0.25, 0.3) is 21.9 Å². The Bertz CT molecular complexity index is 1690. The van der Waals surface area contributed by atoms with Crippen LogP contribution < -0.4 is 11.1 Å². The van der Waals surface area contributed by atoms with Gasteiger partial charge in [0.2, 0.25) is 11.8 Å². The number of rotatable bonds is 4. The molecular weight excluding hydrogens is 581 g/mol. The van der Waals surface area contributed by atoms with Gasteiger partial charge in [-0.2, -0.15) is 13.2 Å². The maximum Gasteiger partial charge on any atom is 0.416 e. The predicted molar refractivity (Wildman–Crippen MR) is 139 cm³/mol. The summed E-state index contributed by atoms with van der Waals surface area (Å²) in [5.74, 6) is -0.475. The number of likely N-dealkylation sites (tertiary alicyclic amines) is 1. The molecule has 202 valence electrons. The largest absolute Gasteiger partial charge is 0.416 e. The molecule has 0 spiro atoms. The summed E-state index contributed by atoms with van der Waals surface area (Å²) >= 11 is 3.22.